The van der Waals surface area contributed by atoms with Crippen molar-refractivity contribution in [1.82, 2.24) is 10.2 Å². The summed E-state index contributed by atoms with van der Waals surface area (Å²) in [6.45, 7) is 3.77. The van der Waals surface area contributed by atoms with Gasteiger partial charge in [0.1, 0.15) is 0 Å². The number of nitrogens with one attached hydrogen (secondary N) is 1. The summed E-state index contributed by atoms with van der Waals surface area (Å²) in [6.07, 6.45) is 2.22. The van der Waals surface area contributed by atoms with Gasteiger partial charge in [0.05, 0.1) is 0 Å². The molecule has 1 saturated heterocycles. The molecular weight excluding hydrogens is 212 g/mol. The maximum atomic E-state index is 12.5. The van der Waals surface area contributed by atoms with Gasteiger partial charge in [-0.15, -0.1) is 0 Å². The van der Waals surface area contributed by atoms with Gasteiger partial charge < -0.3 is 10.2 Å². The molecule has 1 aromatic carbocycles. The minimum Gasteiger partial charge on any atom is -0.334 e. The normalized spacial score (nSPS) is 19.6. The zero-order valence-corrected chi connectivity index (χ0v) is 10.6. The first kappa shape index (κ1) is 12.1. The largest absolute Gasteiger partial charge is 0.334 e. The van der Waals surface area contributed by atoms with Crippen LogP contribution in [0.5, 0.6) is 0 Å². The standard InChI is InChI=1S/C14H20N2O/c1-11-6-3-4-8-13(11)14(17)16-9-5-7-12(16)10-15-2/h3-4,6,8,12,15H,5,7,9-10H2,1-2H3. The molecule has 1 unspecified atom stereocenters. The molecule has 1 amide bonds. The van der Waals surface area contributed by atoms with Crippen LogP contribution < -0.4 is 5.32 Å². The van der Waals surface area contributed by atoms with Crippen LogP contribution in [0, 0.1) is 6.92 Å². The third-order valence-electron chi connectivity index (χ3n) is 3.45. The number of nitrogens with zero attached hydrogens (tertiary/aromatic N) is 1. The van der Waals surface area contributed by atoms with Crippen LogP contribution in [0.15, 0.2) is 24.3 Å². The summed E-state index contributed by atoms with van der Waals surface area (Å²) in [5.74, 6) is 0.181. The summed E-state index contributed by atoms with van der Waals surface area (Å²) in [5.41, 5.74) is 1.91. The van der Waals surface area contributed by atoms with Gasteiger partial charge in [-0.25, -0.2) is 0 Å². The van der Waals surface area contributed by atoms with Gasteiger partial charge in [0, 0.05) is 24.7 Å². The number of benzene rings is 1. The van der Waals surface area contributed by atoms with Crippen molar-refractivity contribution in [3.63, 3.8) is 0 Å². The summed E-state index contributed by atoms with van der Waals surface area (Å²) < 4.78 is 0. The van der Waals surface area contributed by atoms with Crippen LogP contribution >= 0.6 is 0 Å². The minimum absolute atomic E-state index is 0.181. The highest BCUT2D eigenvalue weighted by atomic mass is 16.2. The second kappa shape index (κ2) is 5.32. The first-order valence-corrected chi connectivity index (χ1v) is 6.25. The summed E-state index contributed by atoms with van der Waals surface area (Å²) in [4.78, 5) is 14.5. The number of likely N-dealkylation sites (tertiary alicyclic amines) is 1. The third kappa shape index (κ3) is 2.50. The molecule has 0 bridgehead atoms. The van der Waals surface area contributed by atoms with E-state index in [2.05, 4.69) is 5.32 Å². The van der Waals surface area contributed by atoms with Crippen molar-refractivity contribution in [3.8, 4) is 0 Å². The lowest BCUT2D eigenvalue weighted by Crippen LogP contribution is -2.41. The van der Waals surface area contributed by atoms with Crippen LogP contribution in [0.3, 0.4) is 0 Å². The summed E-state index contributed by atoms with van der Waals surface area (Å²) in [6, 6.07) is 8.18. The number of carbonyl (C=O) groups excluding carboxylic acids is 1. The van der Waals surface area contributed by atoms with Crippen LogP contribution in [0.25, 0.3) is 0 Å². The van der Waals surface area contributed by atoms with Crippen molar-refractivity contribution < 1.29 is 4.79 Å². The van der Waals surface area contributed by atoms with E-state index in [0.717, 1.165) is 37.1 Å². The molecule has 3 nitrogen and oxygen atoms in total. The molecule has 1 N–H and O–H groups in total. The Morgan fingerprint density at radius 3 is 2.94 bits per heavy atom. The predicted octanol–water partition coefficient (Wildman–Crippen LogP) is 1.82. The van der Waals surface area contributed by atoms with Crippen molar-refractivity contribution in [3.05, 3.63) is 35.4 Å². The highest BCUT2D eigenvalue weighted by molar-refractivity contribution is 5.96. The zero-order chi connectivity index (χ0) is 12.3. The van der Waals surface area contributed by atoms with E-state index in [1.807, 2.05) is 43.1 Å². The van der Waals surface area contributed by atoms with Gasteiger partial charge in [-0.05, 0) is 38.4 Å². The van der Waals surface area contributed by atoms with Crippen molar-refractivity contribution in [2.24, 2.45) is 0 Å². The molecule has 3 heteroatoms. The van der Waals surface area contributed by atoms with Gasteiger partial charge in [0.2, 0.25) is 0 Å². The van der Waals surface area contributed by atoms with E-state index in [4.69, 9.17) is 0 Å². The lowest BCUT2D eigenvalue weighted by Gasteiger charge is -2.25. The van der Waals surface area contributed by atoms with Crippen molar-refractivity contribution in [2.45, 2.75) is 25.8 Å². The van der Waals surface area contributed by atoms with Gasteiger partial charge >= 0.3 is 0 Å². The molecule has 0 saturated carbocycles. The van der Waals surface area contributed by atoms with E-state index in [1.165, 1.54) is 0 Å². The molecule has 1 aliphatic rings. The average molecular weight is 232 g/mol. The summed E-state index contributed by atoms with van der Waals surface area (Å²) in [7, 11) is 1.94. The fraction of sp³-hybridized carbons (Fsp3) is 0.500. The molecule has 0 aliphatic carbocycles. The number of aryl methyl sites for hydroxylation is 1. The highest BCUT2D eigenvalue weighted by Gasteiger charge is 2.29. The third-order valence-corrected chi connectivity index (χ3v) is 3.45. The first-order valence-electron chi connectivity index (χ1n) is 6.25. The number of likely N-dealkylation sites (N-methyl/N-ethyl adjacent to an activating group) is 1. The zero-order valence-electron chi connectivity index (χ0n) is 10.6. The maximum absolute atomic E-state index is 12.5. The number of hydrogen-bond donors (Lipinski definition) is 1. The van der Waals surface area contributed by atoms with Crippen molar-refractivity contribution >= 4 is 5.91 Å². The van der Waals surface area contributed by atoms with Crippen LogP contribution in [0.1, 0.15) is 28.8 Å². The second-order valence-electron chi connectivity index (χ2n) is 4.67. The molecule has 17 heavy (non-hydrogen) atoms. The van der Waals surface area contributed by atoms with Crippen LogP contribution in [-0.4, -0.2) is 37.0 Å². The predicted molar refractivity (Wildman–Crippen MR) is 69.2 cm³/mol. The van der Waals surface area contributed by atoms with Gasteiger partial charge in [-0.1, -0.05) is 18.2 Å². The molecule has 0 aromatic heterocycles. The van der Waals surface area contributed by atoms with Crippen molar-refractivity contribution in [2.75, 3.05) is 20.1 Å². The lowest BCUT2D eigenvalue weighted by molar-refractivity contribution is 0.0736. The Hall–Kier alpha value is -1.35. The van der Waals surface area contributed by atoms with E-state index in [9.17, 15) is 4.79 Å². The van der Waals surface area contributed by atoms with Gasteiger partial charge in [-0.2, -0.15) is 0 Å². The fourth-order valence-electron chi connectivity index (χ4n) is 2.52. The Kier molecular flexibility index (Phi) is 3.79. The monoisotopic (exact) mass is 232 g/mol. The van der Waals surface area contributed by atoms with Crippen molar-refractivity contribution in [1.29, 1.82) is 0 Å². The molecule has 1 aliphatic heterocycles. The van der Waals surface area contributed by atoms with E-state index in [-0.39, 0.29) is 5.91 Å². The van der Waals surface area contributed by atoms with E-state index in [0.29, 0.717) is 6.04 Å². The Morgan fingerprint density at radius 2 is 2.24 bits per heavy atom. The lowest BCUT2D eigenvalue weighted by atomic mass is 10.1. The molecule has 92 valence electrons. The number of hydrogen-bond acceptors (Lipinski definition) is 2. The Bertz CT molecular complexity index is 403. The summed E-state index contributed by atoms with van der Waals surface area (Å²) in [5, 5.41) is 3.17. The fourth-order valence-corrected chi connectivity index (χ4v) is 2.52. The SMILES string of the molecule is CNCC1CCCN1C(=O)c1ccccc1C. The van der Waals surface area contributed by atoms with E-state index in [1.54, 1.807) is 0 Å². The molecule has 2 rings (SSSR count). The van der Waals surface area contributed by atoms with Crippen LogP contribution in [0.2, 0.25) is 0 Å². The first-order chi connectivity index (χ1) is 8.24. The molecule has 1 fully saturated rings. The Balaban J connectivity index is 2.17. The van der Waals surface area contributed by atoms with Crippen LogP contribution in [0.4, 0.5) is 0 Å². The van der Waals surface area contributed by atoms with Gasteiger partial charge in [-0.3, -0.25) is 4.79 Å². The number of amides is 1. The van der Waals surface area contributed by atoms with E-state index < -0.39 is 0 Å². The Morgan fingerprint density at radius 1 is 1.47 bits per heavy atom. The summed E-state index contributed by atoms with van der Waals surface area (Å²) >= 11 is 0. The Labute approximate surface area is 103 Å². The number of carbonyl (C=O) groups is 1. The molecule has 1 heterocycles. The maximum Gasteiger partial charge on any atom is 0.254 e. The minimum atomic E-state index is 0.181. The van der Waals surface area contributed by atoms with Gasteiger partial charge in [0.25, 0.3) is 5.91 Å². The van der Waals surface area contributed by atoms with Crippen LogP contribution in [-0.2, 0) is 0 Å². The molecule has 1 aromatic rings. The molecule has 0 radical (unpaired) electrons. The topological polar surface area (TPSA) is 32.3 Å². The molecule has 0 spiro atoms. The molecule has 1 atom stereocenters. The number of rotatable bonds is 3. The quantitative estimate of drug-likeness (QED) is 0.862. The average Bonchev–Trinajstić information content (AvgIpc) is 2.78. The smallest absolute Gasteiger partial charge is 0.254 e. The van der Waals surface area contributed by atoms with E-state index >= 15 is 0 Å². The highest BCUT2D eigenvalue weighted by Crippen LogP contribution is 2.20. The molecular formula is C14H20N2O. The van der Waals surface area contributed by atoms with Gasteiger partial charge in [0.15, 0.2) is 0 Å². The second-order valence-corrected chi connectivity index (χ2v) is 4.67.